The third-order valence-electron chi connectivity index (χ3n) is 4.81. The monoisotopic (exact) mass is 411 g/mol. The Bertz CT molecular complexity index is 674. The predicted molar refractivity (Wildman–Crippen MR) is 95.8 cm³/mol. The summed E-state index contributed by atoms with van der Waals surface area (Å²) in [6.45, 7) is 5.47. The van der Waals surface area contributed by atoms with Gasteiger partial charge < -0.3 is 4.74 Å². The number of hydrogen-bond acceptors (Lipinski definition) is 3. The highest BCUT2D eigenvalue weighted by Crippen LogP contribution is 2.47. The molecule has 25 heavy (non-hydrogen) atoms. The number of aryl methyl sites for hydroxylation is 1. The first-order valence-corrected chi connectivity index (χ1v) is 9.42. The number of fused-ring (bicyclic) bond motifs is 1. The first-order chi connectivity index (χ1) is 11.6. The molecular formula is C19H23BrFNO3. The van der Waals surface area contributed by atoms with Gasteiger partial charge in [-0.25, -0.2) is 9.18 Å². The van der Waals surface area contributed by atoms with E-state index in [0.29, 0.717) is 17.3 Å². The van der Waals surface area contributed by atoms with Gasteiger partial charge in [0.1, 0.15) is 11.4 Å². The van der Waals surface area contributed by atoms with Crippen molar-refractivity contribution in [2.75, 3.05) is 0 Å². The molecule has 0 spiro atoms. The van der Waals surface area contributed by atoms with Crippen LogP contribution in [0.1, 0.15) is 45.6 Å². The van der Waals surface area contributed by atoms with Crippen LogP contribution in [0, 0.1) is 11.7 Å². The minimum atomic E-state index is -0.578. The van der Waals surface area contributed by atoms with Crippen LogP contribution < -0.4 is 0 Å². The summed E-state index contributed by atoms with van der Waals surface area (Å²) in [4.78, 5) is 26.9. The van der Waals surface area contributed by atoms with Gasteiger partial charge in [0.05, 0.1) is 6.04 Å². The van der Waals surface area contributed by atoms with Gasteiger partial charge in [-0.15, -0.1) is 0 Å². The Hall–Kier alpha value is -1.43. The van der Waals surface area contributed by atoms with E-state index < -0.39 is 17.7 Å². The van der Waals surface area contributed by atoms with Crippen molar-refractivity contribution in [2.24, 2.45) is 5.92 Å². The highest BCUT2D eigenvalue weighted by molar-refractivity contribution is 9.10. The molecule has 1 aromatic carbocycles. The zero-order valence-corrected chi connectivity index (χ0v) is 16.3. The molecule has 4 nitrogen and oxygen atoms in total. The molecule has 3 aliphatic rings. The number of halogens is 2. The largest absolute Gasteiger partial charge is 0.444 e. The number of Topliss-reactive ketones (excluding diaryl/α,β-unsaturated/α-hetero) is 1. The van der Waals surface area contributed by atoms with Crippen molar-refractivity contribution in [3.63, 3.8) is 0 Å². The summed E-state index contributed by atoms with van der Waals surface area (Å²) in [5.74, 6) is -0.0455. The normalized spacial score (nSPS) is 24.8. The van der Waals surface area contributed by atoms with Crippen LogP contribution in [0.3, 0.4) is 0 Å². The lowest BCUT2D eigenvalue weighted by Crippen LogP contribution is -2.44. The molecule has 1 amide bonds. The van der Waals surface area contributed by atoms with E-state index in [1.807, 2.05) is 26.8 Å². The molecule has 0 radical (unpaired) electrons. The van der Waals surface area contributed by atoms with Crippen LogP contribution in [-0.4, -0.2) is 34.5 Å². The highest BCUT2D eigenvalue weighted by atomic mass is 79.9. The van der Waals surface area contributed by atoms with Crippen LogP contribution in [-0.2, 0) is 16.0 Å². The first kappa shape index (κ1) is 18.4. The standard InChI is InChI=1S/C19H23BrFNO3/c1-19(2,3)25-18(24)22-15-8-12(9-15)17(22)16(23)5-4-11-6-13(20)10-14(21)7-11/h6-7,10,12,15,17H,4-5,8-9H2,1-3H3. The Morgan fingerprint density at radius 1 is 1.28 bits per heavy atom. The predicted octanol–water partition coefficient (Wildman–Crippen LogP) is 4.49. The van der Waals surface area contributed by atoms with Crippen LogP contribution in [0.2, 0.25) is 0 Å². The number of ether oxygens (including phenoxy) is 1. The van der Waals surface area contributed by atoms with Crippen LogP contribution in [0.4, 0.5) is 9.18 Å². The van der Waals surface area contributed by atoms with Gasteiger partial charge in [-0.05, 0) is 69.7 Å². The van der Waals surface area contributed by atoms with Gasteiger partial charge in [0.15, 0.2) is 5.78 Å². The molecule has 2 heterocycles. The van der Waals surface area contributed by atoms with Crippen LogP contribution in [0.15, 0.2) is 22.7 Å². The fourth-order valence-corrected chi connectivity index (χ4v) is 4.25. The Morgan fingerprint density at radius 3 is 2.56 bits per heavy atom. The maximum absolute atomic E-state index is 13.5. The lowest BCUT2D eigenvalue weighted by Gasteiger charge is -2.29. The van der Waals surface area contributed by atoms with E-state index in [4.69, 9.17) is 4.74 Å². The molecule has 2 aliphatic heterocycles. The van der Waals surface area contributed by atoms with Gasteiger partial charge in [-0.1, -0.05) is 15.9 Å². The molecule has 0 N–H and O–H groups in total. The molecule has 4 rings (SSSR count). The zero-order valence-electron chi connectivity index (χ0n) is 14.7. The number of carbonyl (C=O) groups is 2. The van der Waals surface area contributed by atoms with Gasteiger partial charge in [0.2, 0.25) is 0 Å². The van der Waals surface area contributed by atoms with Crippen LogP contribution >= 0.6 is 15.9 Å². The number of ketones is 1. The fraction of sp³-hybridized carbons (Fsp3) is 0.579. The Balaban J connectivity index is 1.65. The smallest absolute Gasteiger partial charge is 0.411 e. The third kappa shape index (κ3) is 4.05. The third-order valence-corrected chi connectivity index (χ3v) is 5.26. The first-order valence-electron chi connectivity index (χ1n) is 8.63. The molecule has 0 aromatic heterocycles. The summed E-state index contributed by atoms with van der Waals surface area (Å²) < 4.78 is 19.6. The Morgan fingerprint density at radius 2 is 1.96 bits per heavy atom. The van der Waals surface area contributed by atoms with E-state index in [-0.39, 0.29) is 23.6 Å². The number of carbonyl (C=O) groups excluding carboxylic acids is 2. The molecule has 3 fully saturated rings. The molecule has 1 aliphatic carbocycles. The highest BCUT2D eigenvalue weighted by Gasteiger charge is 2.56. The maximum atomic E-state index is 13.5. The van der Waals surface area contributed by atoms with E-state index in [0.717, 1.165) is 18.4 Å². The molecule has 1 saturated carbocycles. The number of hydrogen-bond donors (Lipinski definition) is 0. The number of nitrogens with zero attached hydrogens (tertiary/aromatic N) is 1. The average molecular weight is 412 g/mol. The summed E-state index contributed by atoms with van der Waals surface area (Å²) in [5, 5.41) is 0. The van der Waals surface area contributed by atoms with Crippen molar-refractivity contribution in [2.45, 2.75) is 64.1 Å². The van der Waals surface area contributed by atoms with Gasteiger partial charge in [0.25, 0.3) is 0 Å². The van der Waals surface area contributed by atoms with Crippen molar-refractivity contribution >= 4 is 27.8 Å². The molecule has 1 aromatic rings. The van der Waals surface area contributed by atoms with E-state index in [2.05, 4.69) is 15.9 Å². The van der Waals surface area contributed by atoms with E-state index in [1.165, 1.54) is 12.1 Å². The van der Waals surface area contributed by atoms with E-state index in [9.17, 15) is 14.0 Å². The van der Waals surface area contributed by atoms with Crippen molar-refractivity contribution < 1.29 is 18.7 Å². The van der Waals surface area contributed by atoms with Crippen molar-refractivity contribution in [1.29, 1.82) is 0 Å². The van der Waals surface area contributed by atoms with Gasteiger partial charge in [-0.2, -0.15) is 0 Å². The quantitative estimate of drug-likeness (QED) is 0.732. The number of rotatable bonds is 4. The minimum Gasteiger partial charge on any atom is -0.444 e. The molecular weight excluding hydrogens is 389 g/mol. The lowest BCUT2D eigenvalue weighted by atomic mass is 9.81. The SMILES string of the molecule is CC(C)(C)OC(=O)N1C2CC(C2)C1C(=O)CCc1cc(F)cc(Br)c1. The van der Waals surface area contributed by atoms with Gasteiger partial charge in [-0.3, -0.25) is 9.69 Å². The topological polar surface area (TPSA) is 46.6 Å². The summed E-state index contributed by atoms with van der Waals surface area (Å²) >= 11 is 3.26. The maximum Gasteiger partial charge on any atom is 0.411 e. The van der Waals surface area contributed by atoms with E-state index in [1.54, 1.807) is 4.90 Å². The molecule has 1 atom stereocenters. The Labute approximate surface area is 155 Å². The summed E-state index contributed by atoms with van der Waals surface area (Å²) in [7, 11) is 0. The van der Waals surface area contributed by atoms with Crippen molar-refractivity contribution in [3.05, 3.63) is 34.1 Å². The Kier molecular flexibility index (Phi) is 4.93. The molecule has 136 valence electrons. The van der Waals surface area contributed by atoms with Crippen LogP contribution in [0.25, 0.3) is 0 Å². The average Bonchev–Trinajstić information content (AvgIpc) is 2.96. The summed E-state index contributed by atoms with van der Waals surface area (Å²) in [6.07, 6.45) is 2.11. The summed E-state index contributed by atoms with van der Waals surface area (Å²) in [6, 6.07) is 4.38. The zero-order chi connectivity index (χ0) is 18.4. The molecule has 2 saturated heterocycles. The second kappa shape index (κ2) is 6.71. The molecule has 1 unspecified atom stereocenters. The van der Waals surface area contributed by atoms with Crippen molar-refractivity contribution in [1.82, 2.24) is 4.90 Å². The number of amides is 1. The second-order valence-electron chi connectivity index (χ2n) is 7.96. The lowest BCUT2D eigenvalue weighted by molar-refractivity contribution is -0.123. The van der Waals surface area contributed by atoms with Crippen molar-refractivity contribution in [3.8, 4) is 0 Å². The molecule has 2 bridgehead atoms. The van der Waals surface area contributed by atoms with Gasteiger partial charge >= 0.3 is 6.09 Å². The fourth-order valence-electron chi connectivity index (χ4n) is 3.74. The summed E-state index contributed by atoms with van der Waals surface area (Å²) in [5.41, 5.74) is 0.195. The minimum absolute atomic E-state index is 0.0382. The van der Waals surface area contributed by atoms with Gasteiger partial charge in [0, 0.05) is 16.9 Å². The van der Waals surface area contributed by atoms with E-state index >= 15 is 0 Å². The number of benzene rings is 1. The molecule has 6 heteroatoms. The van der Waals surface area contributed by atoms with Crippen LogP contribution in [0.5, 0.6) is 0 Å². The second-order valence-corrected chi connectivity index (χ2v) is 8.88.